The van der Waals surface area contributed by atoms with E-state index in [2.05, 4.69) is 40.7 Å². The summed E-state index contributed by atoms with van der Waals surface area (Å²) in [6.07, 6.45) is 16.5. The van der Waals surface area contributed by atoms with Gasteiger partial charge in [0.05, 0.1) is 12.6 Å². The van der Waals surface area contributed by atoms with Crippen molar-refractivity contribution in [2.24, 2.45) is 58.2 Å². The van der Waals surface area contributed by atoms with Crippen molar-refractivity contribution in [3.63, 3.8) is 0 Å². The molecular weight excluding hydrogens is 423 g/mol. The predicted octanol–water partition coefficient (Wildman–Crippen LogP) is 8.70. The third-order valence-electron chi connectivity index (χ3n) is 11.6. The maximum Gasteiger partial charge on any atom is 0.306 e. The first-order chi connectivity index (χ1) is 16.1. The number of rotatable bonds is 9. The number of carboxylic acids is 1. The molecule has 3 heteroatoms. The van der Waals surface area contributed by atoms with Gasteiger partial charge in [-0.05, 0) is 110 Å². The SMILES string of the molecule is CC(C)CCC[C@@H](C)[C@H]1CCC2C3CC=C4CC(C(CCF)C(=O)O)CC[C@]4(C)C3CC[C@@]21C. The van der Waals surface area contributed by atoms with Crippen LogP contribution in [0, 0.1) is 58.2 Å². The summed E-state index contributed by atoms with van der Waals surface area (Å²) in [7, 11) is 0. The molecule has 0 aliphatic heterocycles. The molecule has 194 valence electrons. The lowest BCUT2D eigenvalue weighted by atomic mass is 9.46. The van der Waals surface area contributed by atoms with E-state index in [0.29, 0.717) is 5.41 Å². The summed E-state index contributed by atoms with van der Waals surface area (Å²) < 4.78 is 13.1. The van der Waals surface area contributed by atoms with E-state index in [-0.39, 0.29) is 17.8 Å². The fourth-order valence-electron chi connectivity index (χ4n) is 9.74. The number of halogens is 1. The summed E-state index contributed by atoms with van der Waals surface area (Å²) >= 11 is 0. The van der Waals surface area contributed by atoms with Gasteiger partial charge in [-0.2, -0.15) is 0 Å². The minimum absolute atomic E-state index is 0.112. The largest absolute Gasteiger partial charge is 0.481 e. The molecule has 3 saturated carbocycles. The molecule has 2 nitrogen and oxygen atoms in total. The van der Waals surface area contributed by atoms with Crippen LogP contribution in [0.1, 0.15) is 112 Å². The van der Waals surface area contributed by atoms with Crippen LogP contribution in [0.25, 0.3) is 0 Å². The fourth-order valence-corrected chi connectivity index (χ4v) is 9.74. The van der Waals surface area contributed by atoms with Crippen LogP contribution in [-0.4, -0.2) is 17.8 Å². The summed E-state index contributed by atoms with van der Waals surface area (Å²) in [5.74, 6) is 3.76. The zero-order valence-corrected chi connectivity index (χ0v) is 22.6. The Morgan fingerprint density at radius 2 is 1.82 bits per heavy atom. The number of allylic oxidation sites excluding steroid dienone is 2. The second kappa shape index (κ2) is 10.3. The average Bonchev–Trinajstić information content (AvgIpc) is 3.14. The Morgan fingerprint density at radius 1 is 1.06 bits per heavy atom. The molecule has 0 spiro atoms. The van der Waals surface area contributed by atoms with Crippen LogP contribution in [-0.2, 0) is 4.79 Å². The van der Waals surface area contributed by atoms with E-state index < -0.39 is 18.6 Å². The maximum absolute atomic E-state index is 13.1. The first-order valence-corrected chi connectivity index (χ1v) is 14.6. The summed E-state index contributed by atoms with van der Waals surface area (Å²) in [5.41, 5.74) is 2.27. The number of carboxylic acid groups (broad SMARTS) is 1. The van der Waals surface area contributed by atoms with Crippen molar-refractivity contribution in [2.45, 2.75) is 112 Å². The lowest BCUT2D eigenvalue weighted by molar-refractivity contribution is -0.145. The number of alkyl halides is 1. The second-order valence-electron chi connectivity index (χ2n) is 13.7. The Kier molecular flexibility index (Phi) is 7.90. The molecule has 9 atom stereocenters. The first kappa shape index (κ1) is 26.2. The molecule has 0 saturated heterocycles. The van der Waals surface area contributed by atoms with E-state index in [1.165, 1.54) is 56.9 Å². The highest BCUT2D eigenvalue weighted by atomic mass is 19.1. The monoisotopic (exact) mass is 474 g/mol. The van der Waals surface area contributed by atoms with E-state index in [4.69, 9.17) is 0 Å². The highest BCUT2D eigenvalue weighted by Gasteiger charge is 2.59. The van der Waals surface area contributed by atoms with Gasteiger partial charge in [0.2, 0.25) is 0 Å². The van der Waals surface area contributed by atoms with Gasteiger partial charge in [0.1, 0.15) is 0 Å². The minimum atomic E-state index is -0.798. The minimum Gasteiger partial charge on any atom is -0.481 e. The van der Waals surface area contributed by atoms with Crippen molar-refractivity contribution in [3.8, 4) is 0 Å². The highest BCUT2D eigenvalue weighted by molar-refractivity contribution is 5.70. The number of hydrogen-bond donors (Lipinski definition) is 1. The number of hydrogen-bond acceptors (Lipinski definition) is 1. The van der Waals surface area contributed by atoms with Crippen LogP contribution in [0.15, 0.2) is 11.6 Å². The van der Waals surface area contributed by atoms with E-state index in [9.17, 15) is 14.3 Å². The van der Waals surface area contributed by atoms with Crippen molar-refractivity contribution in [1.29, 1.82) is 0 Å². The van der Waals surface area contributed by atoms with Crippen molar-refractivity contribution in [1.82, 2.24) is 0 Å². The van der Waals surface area contributed by atoms with Gasteiger partial charge in [-0.15, -0.1) is 0 Å². The number of aliphatic carboxylic acids is 1. The zero-order valence-electron chi connectivity index (χ0n) is 22.6. The molecule has 1 N–H and O–H groups in total. The van der Waals surface area contributed by atoms with Crippen LogP contribution in [0.4, 0.5) is 4.39 Å². The maximum atomic E-state index is 13.1. The summed E-state index contributed by atoms with van der Waals surface area (Å²) in [4.78, 5) is 11.8. The van der Waals surface area contributed by atoms with Crippen LogP contribution >= 0.6 is 0 Å². The van der Waals surface area contributed by atoms with Gasteiger partial charge in [0.15, 0.2) is 0 Å². The molecule has 0 aromatic heterocycles. The predicted molar refractivity (Wildman–Crippen MR) is 138 cm³/mol. The summed E-state index contributed by atoms with van der Waals surface area (Å²) in [6.45, 7) is 11.9. The van der Waals surface area contributed by atoms with E-state index in [0.717, 1.165) is 54.8 Å². The van der Waals surface area contributed by atoms with Gasteiger partial charge in [0.25, 0.3) is 0 Å². The van der Waals surface area contributed by atoms with E-state index in [1.807, 2.05) is 0 Å². The zero-order chi connectivity index (χ0) is 24.7. The van der Waals surface area contributed by atoms with Crippen LogP contribution in [0.2, 0.25) is 0 Å². The normalized spacial score (nSPS) is 41.3. The third-order valence-corrected chi connectivity index (χ3v) is 11.6. The van der Waals surface area contributed by atoms with Gasteiger partial charge in [0, 0.05) is 0 Å². The van der Waals surface area contributed by atoms with Crippen molar-refractivity contribution in [3.05, 3.63) is 11.6 Å². The van der Waals surface area contributed by atoms with Crippen molar-refractivity contribution >= 4 is 5.97 Å². The molecule has 0 radical (unpaired) electrons. The molecule has 4 aliphatic carbocycles. The molecule has 0 amide bonds. The lowest BCUT2D eigenvalue weighted by Gasteiger charge is -2.59. The molecule has 0 heterocycles. The quantitative estimate of drug-likeness (QED) is 0.339. The Balaban J connectivity index is 1.47. The molecule has 0 aromatic rings. The van der Waals surface area contributed by atoms with Crippen molar-refractivity contribution in [2.75, 3.05) is 6.67 Å². The van der Waals surface area contributed by atoms with Crippen molar-refractivity contribution < 1.29 is 14.3 Å². The van der Waals surface area contributed by atoms with E-state index >= 15 is 0 Å². The smallest absolute Gasteiger partial charge is 0.306 e. The topological polar surface area (TPSA) is 37.3 Å². The van der Waals surface area contributed by atoms with Gasteiger partial charge < -0.3 is 5.11 Å². The molecule has 3 fully saturated rings. The molecule has 0 aromatic carbocycles. The Bertz CT molecular complexity index is 759. The standard InChI is InChI=1S/C31H51FO2/c1-20(2)7-6-8-21(3)26-11-12-27-25-10-9-23-19-22(24(15-18-32)29(33)34)13-16-30(23,4)28(25)14-17-31(26,27)5/h9,20-22,24-28H,6-8,10-19H2,1-5H3,(H,33,34)/t21-,22?,24?,25?,26-,27?,28?,30+,31-/m1/s1. The molecule has 34 heavy (non-hydrogen) atoms. The van der Waals surface area contributed by atoms with Gasteiger partial charge >= 0.3 is 5.97 Å². The average molecular weight is 475 g/mol. The second-order valence-corrected chi connectivity index (χ2v) is 13.7. The Labute approximate surface area is 208 Å². The number of fused-ring (bicyclic) bond motifs is 5. The molecule has 4 aliphatic rings. The Morgan fingerprint density at radius 3 is 2.50 bits per heavy atom. The fraction of sp³-hybridized carbons (Fsp3) is 0.903. The van der Waals surface area contributed by atoms with Gasteiger partial charge in [-0.3, -0.25) is 9.18 Å². The van der Waals surface area contributed by atoms with Crippen LogP contribution < -0.4 is 0 Å². The van der Waals surface area contributed by atoms with E-state index in [1.54, 1.807) is 0 Å². The molecule has 5 unspecified atom stereocenters. The molecule has 0 bridgehead atoms. The summed E-state index contributed by atoms with van der Waals surface area (Å²) in [6, 6.07) is 0. The van der Waals surface area contributed by atoms with Gasteiger partial charge in [-0.25, -0.2) is 0 Å². The Hall–Kier alpha value is -0.860. The lowest BCUT2D eigenvalue weighted by Crippen LogP contribution is -2.51. The first-order valence-electron chi connectivity index (χ1n) is 14.6. The number of carbonyl (C=O) groups is 1. The van der Waals surface area contributed by atoms with Gasteiger partial charge in [-0.1, -0.05) is 65.5 Å². The third kappa shape index (κ3) is 4.63. The summed E-state index contributed by atoms with van der Waals surface area (Å²) in [5, 5.41) is 9.70. The van der Waals surface area contributed by atoms with Crippen LogP contribution in [0.3, 0.4) is 0 Å². The van der Waals surface area contributed by atoms with Crippen LogP contribution in [0.5, 0.6) is 0 Å². The molecular formula is C31H51FO2. The molecule has 4 rings (SSSR count). The highest BCUT2D eigenvalue weighted by Crippen LogP contribution is 2.67.